The Kier molecular flexibility index (Phi) is 6.22. The maximum atomic E-state index is 13.6. The predicted octanol–water partition coefficient (Wildman–Crippen LogP) is 4.51. The van der Waals surface area contributed by atoms with Crippen molar-refractivity contribution in [3.8, 4) is 11.5 Å². The molecule has 0 fully saturated rings. The van der Waals surface area contributed by atoms with E-state index in [0.717, 1.165) is 29.2 Å². The van der Waals surface area contributed by atoms with Crippen LogP contribution in [0.25, 0.3) is 0 Å². The van der Waals surface area contributed by atoms with Crippen LogP contribution in [-0.4, -0.2) is 39.1 Å². The number of anilines is 2. The quantitative estimate of drug-likeness (QED) is 0.592. The van der Waals surface area contributed by atoms with Crippen LogP contribution in [0.15, 0.2) is 35.3 Å². The number of aliphatic imine (C=N–C) groups is 1. The summed E-state index contributed by atoms with van der Waals surface area (Å²) in [7, 11) is 5.01. The molecule has 134 valence electrons. The van der Waals surface area contributed by atoms with E-state index in [1.54, 1.807) is 25.6 Å². The van der Waals surface area contributed by atoms with Gasteiger partial charge in [0, 0.05) is 43.2 Å². The summed E-state index contributed by atoms with van der Waals surface area (Å²) >= 11 is 0. The summed E-state index contributed by atoms with van der Waals surface area (Å²) in [6.07, 6.45) is 1.78. The number of nitrogens with one attached hydrogen (secondary N) is 1. The van der Waals surface area contributed by atoms with Crippen LogP contribution in [-0.2, 0) is 0 Å². The average molecular weight is 345 g/mol. The van der Waals surface area contributed by atoms with Gasteiger partial charge >= 0.3 is 0 Å². The van der Waals surface area contributed by atoms with Crippen LogP contribution in [0.5, 0.6) is 11.5 Å². The zero-order chi connectivity index (χ0) is 18.4. The zero-order valence-corrected chi connectivity index (χ0v) is 15.3. The van der Waals surface area contributed by atoms with E-state index in [4.69, 9.17) is 9.47 Å². The van der Waals surface area contributed by atoms with E-state index >= 15 is 0 Å². The van der Waals surface area contributed by atoms with Gasteiger partial charge in [-0.25, -0.2) is 9.38 Å². The van der Waals surface area contributed by atoms with E-state index in [2.05, 4.69) is 17.2 Å². The molecule has 0 aliphatic rings. The molecule has 0 aliphatic carbocycles. The molecule has 6 heteroatoms. The third kappa shape index (κ3) is 4.62. The number of rotatable bonds is 7. The minimum atomic E-state index is -0.400. The largest absolute Gasteiger partial charge is 0.497 e. The van der Waals surface area contributed by atoms with Gasteiger partial charge in [-0.15, -0.1) is 0 Å². The second kappa shape index (κ2) is 8.37. The SMILES string of the molecule is CCN(C)/C=N/c1cc(OC)cc(Nc2ccc(F)c(OC)c2)c1C. The lowest BCUT2D eigenvalue weighted by Crippen LogP contribution is -2.14. The van der Waals surface area contributed by atoms with Crippen LogP contribution in [0.2, 0.25) is 0 Å². The summed E-state index contributed by atoms with van der Waals surface area (Å²) in [5.74, 6) is 0.477. The van der Waals surface area contributed by atoms with Crippen molar-refractivity contribution >= 4 is 23.4 Å². The first-order valence-electron chi connectivity index (χ1n) is 8.02. The third-order valence-electron chi connectivity index (χ3n) is 3.91. The number of benzene rings is 2. The normalized spacial score (nSPS) is 10.8. The predicted molar refractivity (Wildman–Crippen MR) is 100 cm³/mol. The summed E-state index contributed by atoms with van der Waals surface area (Å²) in [5, 5.41) is 3.28. The Labute approximate surface area is 148 Å². The van der Waals surface area contributed by atoms with Crippen molar-refractivity contribution in [2.75, 3.05) is 33.1 Å². The van der Waals surface area contributed by atoms with Gasteiger partial charge in [-0.1, -0.05) is 0 Å². The standard InChI is InChI=1S/C19H24FN3O2/c1-6-23(3)12-21-17-10-15(24-4)11-18(13(17)2)22-14-7-8-16(20)19(9-14)25-5/h7-12,22H,6H2,1-5H3/b21-12+. The van der Waals surface area contributed by atoms with Gasteiger partial charge in [0.1, 0.15) is 5.75 Å². The lowest BCUT2D eigenvalue weighted by molar-refractivity contribution is 0.387. The number of halogens is 1. The molecule has 0 saturated heterocycles. The second-order valence-electron chi connectivity index (χ2n) is 5.61. The topological polar surface area (TPSA) is 46.1 Å². The molecule has 1 N–H and O–H groups in total. The Hall–Kier alpha value is -2.76. The Morgan fingerprint density at radius 3 is 2.60 bits per heavy atom. The van der Waals surface area contributed by atoms with Gasteiger partial charge in [0.05, 0.1) is 26.2 Å². The molecule has 0 unspecified atom stereocenters. The first-order valence-corrected chi connectivity index (χ1v) is 8.02. The Morgan fingerprint density at radius 2 is 1.96 bits per heavy atom. The van der Waals surface area contributed by atoms with E-state index in [1.165, 1.54) is 13.2 Å². The number of nitrogens with zero attached hydrogens (tertiary/aromatic N) is 2. The molecular weight excluding hydrogens is 321 g/mol. The van der Waals surface area contributed by atoms with Crippen LogP contribution >= 0.6 is 0 Å². The molecule has 0 amide bonds. The minimum absolute atomic E-state index is 0.188. The van der Waals surface area contributed by atoms with Crippen LogP contribution in [0, 0.1) is 12.7 Å². The highest BCUT2D eigenvalue weighted by Crippen LogP contribution is 2.34. The molecule has 2 aromatic rings. The number of methoxy groups -OCH3 is 2. The van der Waals surface area contributed by atoms with Crippen molar-refractivity contribution in [3.05, 3.63) is 41.7 Å². The van der Waals surface area contributed by atoms with Gasteiger partial charge in [-0.05, 0) is 31.5 Å². The highest BCUT2D eigenvalue weighted by molar-refractivity contribution is 5.74. The van der Waals surface area contributed by atoms with E-state index in [1.807, 2.05) is 31.0 Å². The molecule has 0 saturated carbocycles. The molecule has 5 nitrogen and oxygen atoms in total. The molecular formula is C19H24FN3O2. The maximum Gasteiger partial charge on any atom is 0.165 e. The zero-order valence-electron chi connectivity index (χ0n) is 15.3. The van der Waals surface area contributed by atoms with E-state index in [0.29, 0.717) is 5.75 Å². The number of hydrogen-bond acceptors (Lipinski definition) is 4. The van der Waals surface area contributed by atoms with Crippen molar-refractivity contribution in [3.63, 3.8) is 0 Å². The molecule has 0 spiro atoms. The highest BCUT2D eigenvalue weighted by Gasteiger charge is 2.10. The summed E-state index contributed by atoms with van der Waals surface area (Å²) in [6.45, 7) is 4.90. The monoisotopic (exact) mass is 345 g/mol. The summed E-state index contributed by atoms with van der Waals surface area (Å²) in [4.78, 5) is 6.51. The summed E-state index contributed by atoms with van der Waals surface area (Å²) in [6, 6.07) is 8.40. The molecule has 0 radical (unpaired) electrons. The second-order valence-corrected chi connectivity index (χ2v) is 5.61. The number of ether oxygens (including phenoxy) is 2. The first-order chi connectivity index (χ1) is 12.0. The van der Waals surface area contributed by atoms with Gasteiger partial charge in [0.15, 0.2) is 11.6 Å². The van der Waals surface area contributed by atoms with Crippen LogP contribution in [0.4, 0.5) is 21.5 Å². The summed E-state index contributed by atoms with van der Waals surface area (Å²) < 4.78 is 24.0. The van der Waals surface area contributed by atoms with Crippen molar-refractivity contribution in [2.45, 2.75) is 13.8 Å². The third-order valence-corrected chi connectivity index (χ3v) is 3.91. The molecule has 2 rings (SSSR count). The lowest BCUT2D eigenvalue weighted by Gasteiger charge is -2.15. The molecule has 2 aromatic carbocycles. The minimum Gasteiger partial charge on any atom is -0.497 e. The number of hydrogen-bond donors (Lipinski definition) is 1. The van der Waals surface area contributed by atoms with Crippen molar-refractivity contribution in [1.82, 2.24) is 4.90 Å². The highest BCUT2D eigenvalue weighted by atomic mass is 19.1. The van der Waals surface area contributed by atoms with Crippen LogP contribution in [0.3, 0.4) is 0 Å². The van der Waals surface area contributed by atoms with E-state index in [9.17, 15) is 4.39 Å². The molecule has 0 aromatic heterocycles. The Balaban J connectivity index is 2.38. The van der Waals surface area contributed by atoms with Gasteiger partial charge in [0.2, 0.25) is 0 Å². The Morgan fingerprint density at radius 1 is 1.20 bits per heavy atom. The summed E-state index contributed by atoms with van der Waals surface area (Å²) in [5.41, 5.74) is 3.32. The van der Waals surface area contributed by atoms with Gasteiger partial charge in [-0.3, -0.25) is 0 Å². The molecule has 0 bridgehead atoms. The fourth-order valence-electron chi connectivity index (χ4n) is 2.19. The smallest absolute Gasteiger partial charge is 0.165 e. The molecule has 0 atom stereocenters. The van der Waals surface area contributed by atoms with E-state index in [-0.39, 0.29) is 5.75 Å². The van der Waals surface area contributed by atoms with Gasteiger partial charge in [0.25, 0.3) is 0 Å². The van der Waals surface area contributed by atoms with Gasteiger partial charge < -0.3 is 19.7 Å². The Bertz CT molecular complexity index is 763. The van der Waals surface area contributed by atoms with Crippen molar-refractivity contribution in [1.29, 1.82) is 0 Å². The van der Waals surface area contributed by atoms with Crippen molar-refractivity contribution < 1.29 is 13.9 Å². The van der Waals surface area contributed by atoms with E-state index < -0.39 is 5.82 Å². The van der Waals surface area contributed by atoms with Gasteiger partial charge in [-0.2, -0.15) is 0 Å². The maximum absolute atomic E-state index is 13.6. The lowest BCUT2D eigenvalue weighted by atomic mass is 10.1. The molecule has 0 aliphatic heterocycles. The first kappa shape index (κ1) is 18.6. The van der Waals surface area contributed by atoms with Crippen molar-refractivity contribution in [2.24, 2.45) is 4.99 Å². The van der Waals surface area contributed by atoms with Crippen LogP contribution < -0.4 is 14.8 Å². The molecule has 25 heavy (non-hydrogen) atoms. The molecule has 0 heterocycles. The average Bonchev–Trinajstić information content (AvgIpc) is 2.63. The van der Waals surface area contributed by atoms with Crippen LogP contribution in [0.1, 0.15) is 12.5 Å². The fraction of sp³-hybridized carbons (Fsp3) is 0.316. The fourth-order valence-corrected chi connectivity index (χ4v) is 2.19.